The second-order valence-electron chi connectivity index (χ2n) is 8.16. The molecule has 154 valence electrons. The number of aliphatic hydroxyl groups excluding tert-OH is 1. The van der Waals surface area contributed by atoms with Crippen LogP contribution in [0.5, 0.6) is 11.5 Å². The molecular weight excluding hydrogens is 382 g/mol. The van der Waals surface area contributed by atoms with Crippen LogP contribution in [0.25, 0.3) is 5.76 Å². The number of carbonyl (C=O) groups is 2. The summed E-state index contributed by atoms with van der Waals surface area (Å²) in [5.41, 5.74) is 2.29. The van der Waals surface area contributed by atoms with Crippen LogP contribution in [0.3, 0.4) is 0 Å². The Bertz CT molecular complexity index is 1050. The molecule has 2 N–H and O–H groups in total. The van der Waals surface area contributed by atoms with Crippen molar-refractivity contribution in [2.75, 3.05) is 6.61 Å². The highest BCUT2D eigenvalue weighted by Crippen LogP contribution is 2.44. The topological polar surface area (TPSA) is 87.1 Å². The Balaban J connectivity index is 1.65. The predicted molar refractivity (Wildman–Crippen MR) is 110 cm³/mol. The minimum atomic E-state index is -0.668. The van der Waals surface area contributed by atoms with Crippen LogP contribution in [0.2, 0.25) is 0 Å². The Labute approximate surface area is 174 Å². The van der Waals surface area contributed by atoms with Gasteiger partial charge >= 0.3 is 0 Å². The van der Waals surface area contributed by atoms with E-state index in [9.17, 15) is 19.8 Å². The minimum absolute atomic E-state index is 0.0287. The van der Waals surface area contributed by atoms with Crippen molar-refractivity contribution >= 4 is 17.4 Å². The number of Topliss-reactive ketones (excluding diaryl/α,β-unsaturated/α-hetero) is 1. The Kier molecular flexibility index (Phi) is 4.50. The van der Waals surface area contributed by atoms with E-state index < -0.39 is 17.7 Å². The first kappa shape index (κ1) is 18.7. The lowest BCUT2D eigenvalue weighted by atomic mass is 9.94. The van der Waals surface area contributed by atoms with Gasteiger partial charge in [0, 0.05) is 18.0 Å². The number of carbonyl (C=O) groups excluding carboxylic acids is 2. The van der Waals surface area contributed by atoms with Gasteiger partial charge in [0.2, 0.25) is 0 Å². The first-order chi connectivity index (χ1) is 14.5. The molecular formula is C24H23NO5. The molecule has 1 atom stereocenters. The number of benzene rings is 2. The Hall–Kier alpha value is -3.28. The van der Waals surface area contributed by atoms with Gasteiger partial charge in [-0.2, -0.15) is 0 Å². The quantitative estimate of drug-likeness (QED) is 0.462. The van der Waals surface area contributed by atoms with Crippen LogP contribution in [-0.2, 0) is 16.0 Å². The van der Waals surface area contributed by atoms with E-state index in [1.54, 1.807) is 29.2 Å². The lowest BCUT2D eigenvalue weighted by Gasteiger charge is -2.30. The monoisotopic (exact) mass is 405 g/mol. The van der Waals surface area contributed by atoms with Crippen molar-refractivity contribution in [1.29, 1.82) is 0 Å². The lowest BCUT2D eigenvalue weighted by molar-refractivity contribution is -0.141. The van der Waals surface area contributed by atoms with E-state index in [1.807, 2.05) is 6.07 Å². The molecule has 6 heteroatoms. The van der Waals surface area contributed by atoms with E-state index in [0.29, 0.717) is 17.7 Å². The zero-order valence-electron chi connectivity index (χ0n) is 16.5. The van der Waals surface area contributed by atoms with Gasteiger partial charge in [-0.05, 0) is 54.3 Å². The molecule has 0 aromatic heterocycles. The van der Waals surface area contributed by atoms with Crippen LogP contribution < -0.4 is 4.74 Å². The predicted octanol–water partition coefficient (Wildman–Crippen LogP) is 3.69. The first-order valence-corrected chi connectivity index (χ1v) is 10.4. The zero-order chi connectivity index (χ0) is 20.8. The van der Waals surface area contributed by atoms with Gasteiger partial charge in [-0.15, -0.1) is 0 Å². The minimum Gasteiger partial charge on any atom is -0.508 e. The third kappa shape index (κ3) is 2.95. The number of aromatic hydroxyl groups is 1. The zero-order valence-corrected chi connectivity index (χ0v) is 16.5. The number of aliphatic hydroxyl groups is 1. The molecule has 1 aliphatic carbocycles. The summed E-state index contributed by atoms with van der Waals surface area (Å²) in [7, 11) is 0. The molecule has 2 aliphatic heterocycles. The summed E-state index contributed by atoms with van der Waals surface area (Å²) >= 11 is 0. The molecule has 0 spiro atoms. The molecule has 1 unspecified atom stereocenters. The molecule has 2 aromatic carbocycles. The molecule has 1 saturated heterocycles. The fourth-order valence-electron chi connectivity index (χ4n) is 4.88. The van der Waals surface area contributed by atoms with E-state index in [4.69, 9.17) is 4.74 Å². The van der Waals surface area contributed by atoms with Crippen molar-refractivity contribution in [2.24, 2.45) is 0 Å². The number of phenolic OH excluding ortho intramolecular Hbond substituents is 1. The number of hydrogen-bond donors (Lipinski definition) is 2. The van der Waals surface area contributed by atoms with Gasteiger partial charge in [0.1, 0.15) is 17.3 Å². The number of ketones is 1. The fraction of sp³-hybridized carbons (Fsp3) is 0.333. The van der Waals surface area contributed by atoms with Gasteiger partial charge in [-0.1, -0.05) is 25.0 Å². The summed E-state index contributed by atoms with van der Waals surface area (Å²) in [6.45, 7) is 0.596. The van der Waals surface area contributed by atoms with Crippen molar-refractivity contribution in [1.82, 2.24) is 4.90 Å². The average Bonchev–Trinajstić information content (AvgIpc) is 3.48. The number of fused-ring (bicyclic) bond motifs is 1. The fourth-order valence-corrected chi connectivity index (χ4v) is 4.88. The van der Waals surface area contributed by atoms with E-state index in [1.165, 1.54) is 12.1 Å². The summed E-state index contributed by atoms with van der Waals surface area (Å²) in [5, 5.41) is 20.9. The molecule has 1 amide bonds. The van der Waals surface area contributed by atoms with Crippen LogP contribution in [-0.4, -0.2) is 39.5 Å². The Morgan fingerprint density at radius 3 is 2.50 bits per heavy atom. The maximum atomic E-state index is 13.1. The normalized spacial score (nSPS) is 23.1. The largest absolute Gasteiger partial charge is 0.508 e. The Morgan fingerprint density at radius 2 is 1.77 bits per heavy atom. The standard InChI is InChI=1S/C24H23NO5/c26-18-8-5-14(6-9-18)21-20(23(28)24(29)25(21)17-3-1-2-4-17)22(27)16-7-10-19-15(13-16)11-12-30-19/h5-10,13,17,21,26-27H,1-4,11-12H2/b22-20-. The number of amides is 1. The number of likely N-dealkylation sites (tertiary alicyclic amines) is 1. The average molecular weight is 405 g/mol. The number of hydrogen-bond acceptors (Lipinski definition) is 5. The summed E-state index contributed by atoms with van der Waals surface area (Å²) in [6, 6.07) is 11.1. The highest BCUT2D eigenvalue weighted by molar-refractivity contribution is 6.46. The van der Waals surface area contributed by atoms with E-state index in [0.717, 1.165) is 43.4 Å². The summed E-state index contributed by atoms with van der Waals surface area (Å²) in [4.78, 5) is 27.8. The number of ether oxygens (including phenoxy) is 1. The molecule has 2 fully saturated rings. The van der Waals surface area contributed by atoms with Gasteiger partial charge in [-0.25, -0.2) is 0 Å². The Morgan fingerprint density at radius 1 is 1.03 bits per heavy atom. The third-order valence-electron chi connectivity index (χ3n) is 6.37. The number of phenols is 1. The SMILES string of the molecule is O=C1C(=O)N(C2CCCC2)C(c2ccc(O)cc2)/C1=C(/O)c1ccc2c(c1)CCO2. The van der Waals surface area contributed by atoms with Crippen LogP contribution in [0, 0.1) is 0 Å². The van der Waals surface area contributed by atoms with E-state index in [-0.39, 0.29) is 23.1 Å². The summed E-state index contributed by atoms with van der Waals surface area (Å²) in [5.74, 6) is -0.495. The molecule has 6 nitrogen and oxygen atoms in total. The van der Waals surface area contributed by atoms with Crippen LogP contribution >= 0.6 is 0 Å². The smallest absolute Gasteiger partial charge is 0.295 e. The molecule has 0 bridgehead atoms. The molecule has 0 radical (unpaired) electrons. The summed E-state index contributed by atoms with van der Waals surface area (Å²) < 4.78 is 5.53. The van der Waals surface area contributed by atoms with Gasteiger partial charge in [0.05, 0.1) is 18.2 Å². The number of nitrogens with zero attached hydrogens (tertiary/aromatic N) is 1. The van der Waals surface area contributed by atoms with Crippen molar-refractivity contribution in [2.45, 2.75) is 44.2 Å². The van der Waals surface area contributed by atoms with Crippen molar-refractivity contribution in [3.8, 4) is 11.5 Å². The van der Waals surface area contributed by atoms with Crippen LogP contribution in [0.1, 0.15) is 48.4 Å². The maximum Gasteiger partial charge on any atom is 0.295 e. The number of rotatable bonds is 3. The van der Waals surface area contributed by atoms with Crippen LogP contribution in [0.15, 0.2) is 48.0 Å². The first-order valence-electron chi connectivity index (χ1n) is 10.4. The second kappa shape index (κ2) is 7.20. The van der Waals surface area contributed by atoms with Crippen molar-refractivity contribution in [3.05, 3.63) is 64.7 Å². The molecule has 1 saturated carbocycles. The maximum absolute atomic E-state index is 13.1. The lowest BCUT2D eigenvalue weighted by Crippen LogP contribution is -2.37. The second-order valence-corrected chi connectivity index (χ2v) is 8.16. The van der Waals surface area contributed by atoms with E-state index in [2.05, 4.69) is 0 Å². The molecule has 2 aromatic rings. The van der Waals surface area contributed by atoms with Gasteiger partial charge < -0.3 is 19.8 Å². The van der Waals surface area contributed by atoms with Crippen molar-refractivity contribution in [3.63, 3.8) is 0 Å². The van der Waals surface area contributed by atoms with Crippen molar-refractivity contribution < 1.29 is 24.5 Å². The molecule has 30 heavy (non-hydrogen) atoms. The van der Waals surface area contributed by atoms with Gasteiger partial charge in [0.25, 0.3) is 11.7 Å². The van der Waals surface area contributed by atoms with Gasteiger partial charge in [-0.3, -0.25) is 9.59 Å². The molecule has 2 heterocycles. The molecule has 5 rings (SSSR count). The van der Waals surface area contributed by atoms with Crippen LogP contribution in [0.4, 0.5) is 0 Å². The highest BCUT2D eigenvalue weighted by atomic mass is 16.5. The molecule has 3 aliphatic rings. The van der Waals surface area contributed by atoms with E-state index >= 15 is 0 Å². The van der Waals surface area contributed by atoms with Gasteiger partial charge in [0.15, 0.2) is 0 Å². The third-order valence-corrected chi connectivity index (χ3v) is 6.37. The highest BCUT2D eigenvalue weighted by Gasteiger charge is 2.49. The summed E-state index contributed by atoms with van der Waals surface area (Å²) in [6.07, 6.45) is 4.46.